The van der Waals surface area contributed by atoms with E-state index in [1.807, 2.05) is 5.92 Å². The first-order valence-electron chi connectivity index (χ1n) is 0.789. The van der Waals surface area contributed by atoms with Crippen molar-refractivity contribution in [1.29, 1.82) is 0 Å². The summed E-state index contributed by atoms with van der Waals surface area (Å²) in [6.45, 7) is 0. The van der Waals surface area contributed by atoms with Crippen LogP contribution in [0.1, 0.15) is 0 Å². The van der Waals surface area contributed by atoms with Crippen LogP contribution in [0, 0.1) is 24.7 Å². The summed E-state index contributed by atoms with van der Waals surface area (Å²) < 4.78 is 0. The van der Waals surface area contributed by atoms with Gasteiger partial charge in [-0.05, 0) is 0 Å². The van der Waals surface area contributed by atoms with E-state index in [1.54, 1.807) is 5.92 Å². The molecule has 0 spiro atoms. The van der Waals surface area contributed by atoms with Crippen LogP contribution in [-0.2, 0) is 21.1 Å². The van der Waals surface area contributed by atoms with E-state index >= 15 is 0 Å². The molecule has 0 atom stereocenters. The minimum atomic E-state index is 0. The summed E-state index contributed by atoms with van der Waals surface area (Å²) in [7, 11) is 0. The van der Waals surface area contributed by atoms with Gasteiger partial charge in [-0.2, -0.15) is 0 Å². The Morgan fingerprint density at radius 2 is 1.80 bits per heavy atom. The van der Waals surface area contributed by atoms with Crippen molar-refractivity contribution in [3.8, 4) is 18.3 Å². The molecule has 0 aromatic rings. The zero-order valence-electron chi connectivity index (χ0n) is 2.49. The molecule has 0 unspecified atom stereocenters. The molecule has 22 valence electrons. The summed E-state index contributed by atoms with van der Waals surface area (Å²) in [4.78, 5) is 0. The van der Waals surface area contributed by atoms with Gasteiger partial charge < -0.3 is 6.42 Å². The molecule has 0 amide bonds. The van der Waals surface area contributed by atoms with Gasteiger partial charge in [0.25, 0.3) is 0 Å². The van der Waals surface area contributed by atoms with Crippen LogP contribution in [0.2, 0.25) is 0 Å². The number of hydrogen-bond acceptors (Lipinski definition) is 0. The van der Waals surface area contributed by atoms with Crippen LogP contribution in [0.15, 0.2) is 0 Å². The second-order valence-electron chi connectivity index (χ2n) is 0.269. The van der Waals surface area contributed by atoms with E-state index in [4.69, 9.17) is 6.42 Å². The van der Waals surface area contributed by atoms with Crippen molar-refractivity contribution in [2.24, 2.45) is 0 Å². The summed E-state index contributed by atoms with van der Waals surface area (Å²) in [5, 5.41) is 0. The third-order valence-electron chi connectivity index (χ3n) is 0.0722. The molecule has 0 N–H and O–H groups in total. The molecule has 0 aromatic heterocycles. The molecule has 0 heterocycles. The summed E-state index contributed by atoms with van der Waals surface area (Å²) >= 11 is 0. The topological polar surface area (TPSA) is 0 Å². The predicted molar refractivity (Wildman–Crippen MR) is 16.0 cm³/mol. The Kier molecular flexibility index (Phi) is 16.2. The van der Waals surface area contributed by atoms with E-state index in [0.29, 0.717) is 0 Å². The van der Waals surface area contributed by atoms with Crippen molar-refractivity contribution in [1.82, 2.24) is 0 Å². The maximum absolute atomic E-state index is 5.97. The average molecular weight is 233 g/mol. The Morgan fingerprint density at radius 3 is 1.80 bits per heavy atom. The van der Waals surface area contributed by atoms with Crippen molar-refractivity contribution in [3.05, 3.63) is 6.42 Å². The molecule has 0 aliphatic rings. The Bertz CT molecular complexity index is 58.6. The standard InChI is InChI=1S/C4H.W/c1-3-4-2;/h1H;/q-1;+2. The molecule has 0 aliphatic carbocycles. The SMILES string of the molecule is [C-]#CC#C.[W+2]. The summed E-state index contributed by atoms with van der Waals surface area (Å²) in [6, 6.07) is 0. The second kappa shape index (κ2) is 9.18. The zero-order chi connectivity index (χ0) is 3.41. The third-order valence-corrected chi connectivity index (χ3v) is 0.0722. The van der Waals surface area contributed by atoms with Crippen LogP contribution in [-0.4, -0.2) is 0 Å². The van der Waals surface area contributed by atoms with Crippen molar-refractivity contribution in [2.45, 2.75) is 0 Å². The first kappa shape index (κ1) is 8.84. The van der Waals surface area contributed by atoms with Gasteiger partial charge >= 0.3 is 21.1 Å². The monoisotopic (exact) mass is 233 g/mol. The fourth-order valence-electron chi connectivity index (χ4n) is 0. The van der Waals surface area contributed by atoms with Crippen molar-refractivity contribution < 1.29 is 21.1 Å². The van der Waals surface area contributed by atoms with Crippen LogP contribution in [0.4, 0.5) is 0 Å². The van der Waals surface area contributed by atoms with Gasteiger partial charge in [-0.3, -0.25) is 11.8 Å². The molecular weight excluding hydrogens is 232 g/mol. The maximum atomic E-state index is 5.97. The fraction of sp³-hybridized carbons (Fsp3) is 0. The first-order valence-corrected chi connectivity index (χ1v) is 0.789. The zero-order valence-corrected chi connectivity index (χ0v) is 5.42. The quantitative estimate of drug-likeness (QED) is 0.414. The van der Waals surface area contributed by atoms with Crippen LogP contribution < -0.4 is 0 Å². The smallest absolute Gasteiger partial charge is 0.358 e. The minimum Gasteiger partial charge on any atom is -0.358 e. The second-order valence-corrected chi connectivity index (χ2v) is 0.269. The van der Waals surface area contributed by atoms with Crippen LogP contribution in [0.25, 0.3) is 0 Å². The van der Waals surface area contributed by atoms with Gasteiger partial charge in [-0.1, -0.05) is 0 Å². The Hall–Kier alpha value is -0.192. The van der Waals surface area contributed by atoms with E-state index in [9.17, 15) is 0 Å². The molecular formula is C4HW+. The van der Waals surface area contributed by atoms with Gasteiger partial charge in [0.1, 0.15) is 0 Å². The van der Waals surface area contributed by atoms with Gasteiger partial charge in [-0.15, -0.1) is 0 Å². The van der Waals surface area contributed by atoms with Crippen molar-refractivity contribution >= 4 is 0 Å². The molecule has 0 fully saturated rings. The molecule has 0 nitrogen and oxygen atoms in total. The Morgan fingerprint density at radius 1 is 1.60 bits per heavy atom. The normalized spacial score (nSPS) is 2.00. The van der Waals surface area contributed by atoms with Crippen LogP contribution in [0.5, 0.6) is 0 Å². The summed E-state index contributed by atoms with van der Waals surface area (Å²) in [6.07, 6.45) is 10.4. The molecule has 1 heteroatoms. The molecule has 0 aliphatic heterocycles. The van der Waals surface area contributed by atoms with Gasteiger partial charge in [-0.25, -0.2) is 6.42 Å². The molecule has 0 rings (SSSR count). The van der Waals surface area contributed by atoms with E-state index in [2.05, 4.69) is 6.42 Å². The van der Waals surface area contributed by atoms with E-state index in [1.165, 1.54) is 0 Å². The largest absolute Gasteiger partial charge is 2.00 e. The first-order chi connectivity index (χ1) is 1.91. The van der Waals surface area contributed by atoms with E-state index in [0.717, 1.165) is 0 Å². The van der Waals surface area contributed by atoms with E-state index in [-0.39, 0.29) is 21.1 Å². The molecule has 0 bridgehead atoms. The predicted octanol–water partition coefficient (Wildman–Crippen LogP) is 0.207. The van der Waals surface area contributed by atoms with Gasteiger partial charge in [0, 0.05) is 0 Å². The fourth-order valence-corrected chi connectivity index (χ4v) is 0. The molecule has 5 heavy (non-hydrogen) atoms. The summed E-state index contributed by atoms with van der Waals surface area (Å²) in [5.41, 5.74) is 0. The van der Waals surface area contributed by atoms with Gasteiger partial charge in [0.2, 0.25) is 0 Å². The minimum absolute atomic E-state index is 0. The molecule has 0 saturated carbocycles. The maximum Gasteiger partial charge on any atom is 2.00 e. The number of terminal acetylenes is 1. The van der Waals surface area contributed by atoms with Gasteiger partial charge in [0.15, 0.2) is 0 Å². The molecule has 0 aromatic carbocycles. The molecule has 0 saturated heterocycles. The number of rotatable bonds is 0. The van der Waals surface area contributed by atoms with Crippen LogP contribution >= 0.6 is 0 Å². The number of hydrogen-bond donors (Lipinski definition) is 0. The van der Waals surface area contributed by atoms with Crippen molar-refractivity contribution in [2.75, 3.05) is 0 Å². The van der Waals surface area contributed by atoms with E-state index < -0.39 is 0 Å². The molecule has 0 radical (unpaired) electrons. The van der Waals surface area contributed by atoms with Crippen molar-refractivity contribution in [3.63, 3.8) is 0 Å². The Labute approximate surface area is 46.2 Å². The third kappa shape index (κ3) is 19.1. The van der Waals surface area contributed by atoms with Crippen LogP contribution in [0.3, 0.4) is 0 Å². The Balaban J connectivity index is 0. The summed E-state index contributed by atoms with van der Waals surface area (Å²) in [5.74, 6) is 3.56. The van der Waals surface area contributed by atoms with Gasteiger partial charge in [0.05, 0.1) is 0 Å². The average Bonchev–Trinajstić information content (AvgIpc) is 1.37.